The minimum atomic E-state index is -1.12. The molecule has 1 heterocycles. The molecule has 2 aromatic rings. The smallest absolute Gasteiger partial charge is 0.358 e. The third kappa shape index (κ3) is 1.10. The van der Waals surface area contributed by atoms with E-state index in [4.69, 9.17) is 15.4 Å². The molecule has 2 rings (SSSR count). The van der Waals surface area contributed by atoms with Gasteiger partial charge in [-0.25, -0.2) is 4.79 Å². The first-order chi connectivity index (χ1) is 6.18. The van der Waals surface area contributed by atoms with Crippen molar-refractivity contribution in [3.63, 3.8) is 0 Å². The van der Waals surface area contributed by atoms with Crippen molar-refractivity contribution in [3.05, 3.63) is 23.9 Å². The number of rotatable bonds is 1. The Labute approximate surface area is 72.7 Å². The maximum atomic E-state index is 10.6. The van der Waals surface area contributed by atoms with Crippen molar-refractivity contribution in [3.8, 4) is 0 Å². The molecule has 0 aliphatic rings. The largest absolute Gasteiger partial charge is 0.476 e. The number of aromatic nitrogens is 1. The average Bonchev–Trinajstić information content (AvgIpc) is 2.46. The van der Waals surface area contributed by atoms with Crippen LogP contribution in [0.3, 0.4) is 0 Å². The number of nitrogens with zero attached hydrogens (tertiary/aromatic N) is 1. The molecule has 1 aromatic heterocycles. The van der Waals surface area contributed by atoms with E-state index in [1.165, 1.54) is 6.07 Å². The molecule has 5 heteroatoms. The Morgan fingerprint density at radius 2 is 2.31 bits per heavy atom. The van der Waals surface area contributed by atoms with Crippen LogP contribution >= 0.6 is 0 Å². The standard InChI is InChI=1S/C8H6N2O3/c9-4-1-2-6-5(3-4)7(8(11)12)10-13-6/h1-3H,9H2,(H,11,12). The fourth-order valence-corrected chi connectivity index (χ4v) is 1.11. The number of anilines is 1. The Kier molecular flexibility index (Phi) is 1.45. The Morgan fingerprint density at radius 3 is 3.00 bits per heavy atom. The molecule has 0 radical (unpaired) electrons. The summed E-state index contributed by atoms with van der Waals surface area (Å²) in [6.07, 6.45) is 0. The van der Waals surface area contributed by atoms with E-state index in [9.17, 15) is 4.79 Å². The van der Waals surface area contributed by atoms with Crippen LogP contribution < -0.4 is 5.73 Å². The van der Waals surface area contributed by atoms with Gasteiger partial charge in [0.15, 0.2) is 11.3 Å². The summed E-state index contributed by atoms with van der Waals surface area (Å²) in [4.78, 5) is 10.6. The van der Waals surface area contributed by atoms with Crippen LogP contribution in [0.15, 0.2) is 22.7 Å². The number of nitrogens with two attached hydrogens (primary N) is 1. The second-order valence-electron chi connectivity index (χ2n) is 2.59. The van der Waals surface area contributed by atoms with Crippen LogP contribution in [0.4, 0.5) is 5.69 Å². The molecule has 0 bridgehead atoms. The molecule has 0 unspecified atom stereocenters. The molecule has 0 aliphatic heterocycles. The zero-order chi connectivity index (χ0) is 9.42. The second kappa shape index (κ2) is 2.48. The molecule has 0 saturated carbocycles. The summed E-state index contributed by atoms with van der Waals surface area (Å²) in [5.41, 5.74) is 6.29. The van der Waals surface area contributed by atoms with Gasteiger partial charge in [-0.2, -0.15) is 0 Å². The van der Waals surface area contributed by atoms with E-state index in [0.717, 1.165) is 0 Å². The summed E-state index contributed by atoms with van der Waals surface area (Å²) in [5.74, 6) is -1.12. The number of benzene rings is 1. The van der Waals surface area contributed by atoms with Crippen LogP contribution in [-0.2, 0) is 0 Å². The van der Waals surface area contributed by atoms with Gasteiger partial charge in [0, 0.05) is 5.69 Å². The van der Waals surface area contributed by atoms with Crippen LogP contribution in [0.5, 0.6) is 0 Å². The minimum absolute atomic E-state index is 0.109. The molecule has 0 atom stereocenters. The molecule has 66 valence electrons. The molecule has 0 amide bonds. The summed E-state index contributed by atoms with van der Waals surface area (Å²) >= 11 is 0. The molecule has 5 nitrogen and oxygen atoms in total. The summed E-state index contributed by atoms with van der Waals surface area (Å²) in [6.45, 7) is 0. The van der Waals surface area contributed by atoms with Gasteiger partial charge in [-0.3, -0.25) is 0 Å². The first-order valence-corrected chi connectivity index (χ1v) is 3.56. The van der Waals surface area contributed by atoms with Crippen LogP contribution in [-0.4, -0.2) is 16.2 Å². The molecule has 0 saturated heterocycles. The van der Waals surface area contributed by atoms with E-state index < -0.39 is 5.97 Å². The summed E-state index contributed by atoms with van der Waals surface area (Å²) in [5, 5.41) is 12.5. The van der Waals surface area contributed by atoms with Gasteiger partial charge < -0.3 is 15.4 Å². The maximum absolute atomic E-state index is 10.6. The summed E-state index contributed by atoms with van der Waals surface area (Å²) in [7, 11) is 0. The molecule has 3 N–H and O–H groups in total. The number of hydrogen-bond acceptors (Lipinski definition) is 4. The van der Waals surface area contributed by atoms with Gasteiger partial charge in [0.05, 0.1) is 5.39 Å². The van der Waals surface area contributed by atoms with Crippen LogP contribution in [0, 0.1) is 0 Å². The molecular weight excluding hydrogens is 172 g/mol. The van der Waals surface area contributed by atoms with Crippen molar-refractivity contribution >= 4 is 22.6 Å². The number of fused-ring (bicyclic) bond motifs is 1. The van der Waals surface area contributed by atoms with Gasteiger partial charge in [0.25, 0.3) is 0 Å². The minimum Gasteiger partial charge on any atom is -0.476 e. The van der Waals surface area contributed by atoms with Crippen LogP contribution in [0.2, 0.25) is 0 Å². The van der Waals surface area contributed by atoms with Crippen LogP contribution in [0.25, 0.3) is 11.0 Å². The zero-order valence-electron chi connectivity index (χ0n) is 6.52. The van der Waals surface area contributed by atoms with Crippen molar-refractivity contribution in [1.82, 2.24) is 5.16 Å². The van der Waals surface area contributed by atoms with Crippen molar-refractivity contribution in [2.75, 3.05) is 5.73 Å². The van der Waals surface area contributed by atoms with E-state index >= 15 is 0 Å². The third-order valence-electron chi connectivity index (χ3n) is 1.70. The van der Waals surface area contributed by atoms with Gasteiger partial charge in [-0.05, 0) is 18.2 Å². The summed E-state index contributed by atoms with van der Waals surface area (Å²) < 4.78 is 4.78. The monoisotopic (exact) mass is 178 g/mol. The fraction of sp³-hybridized carbons (Fsp3) is 0. The van der Waals surface area contributed by atoms with E-state index in [2.05, 4.69) is 5.16 Å². The molecular formula is C8H6N2O3. The zero-order valence-corrected chi connectivity index (χ0v) is 6.52. The Balaban J connectivity index is 2.79. The van der Waals surface area contributed by atoms with Gasteiger partial charge in [-0.1, -0.05) is 5.16 Å². The third-order valence-corrected chi connectivity index (χ3v) is 1.70. The Bertz CT molecular complexity index is 475. The number of carboxylic acids is 1. The van der Waals surface area contributed by atoms with Gasteiger partial charge in [0.1, 0.15) is 0 Å². The highest BCUT2D eigenvalue weighted by Crippen LogP contribution is 2.20. The van der Waals surface area contributed by atoms with E-state index in [0.29, 0.717) is 16.7 Å². The molecule has 0 fully saturated rings. The first-order valence-electron chi connectivity index (χ1n) is 3.56. The Hall–Kier alpha value is -2.04. The summed E-state index contributed by atoms with van der Waals surface area (Å²) in [6, 6.07) is 4.73. The highest BCUT2D eigenvalue weighted by atomic mass is 16.5. The topological polar surface area (TPSA) is 89.4 Å². The van der Waals surface area contributed by atoms with Crippen molar-refractivity contribution in [1.29, 1.82) is 0 Å². The first kappa shape index (κ1) is 7.60. The SMILES string of the molecule is Nc1ccc2onc(C(=O)O)c2c1. The lowest BCUT2D eigenvalue weighted by atomic mass is 10.2. The maximum Gasteiger partial charge on any atom is 0.358 e. The second-order valence-corrected chi connectivity index (χ2v) is 2.59. The average molecular weight is 178 g/mol. The van der Waals surface area contributed by atoms with Crippen LogP contribution in [0.1, 0.15) is 10.5 Å². The fourth-order valence-electron chi connectivity index (χ4n) is 1.11. The lowest BCUT2D eigenvalue weighted by Gasteiger charge is -1.90. The van der Waals surface area contributed by atoms with Gasteiger partial charge in [0.2, 0.25) is 0 Å². The quantitative estimate of drug-likeness (QED) is 0.638. The predicted octanol–water partition coefficient (Wildman–Crippen LogP) is 1.11. The molecule has 13 heavy (non-hydrogen) atoms. The lowest BCUT2D eigenvalue weighted by Crippen LogP contribution is -1.96. The predicted molar refractivity (Wildman–Crippen MR) is 45.4 cm³/mol. The van der Waals surface area contributed by atoms with Crippen molar-refractivity contribution < 1.29 is 14.4 Å². The van der Waals surface area contributed by atoms with Gasteiger partial charge >= 0.3 is 5.97 Å². The molecule has 0 aliphatic carbocycles. The number of aromatic carboxylic acids is 1. The number of nitrogen functional groups attached to an aromatic ring is 1. The normalized spacial score (nSPS) is 10.5. The van der Waals surface area contributed by atoms with Crippen molar-refractivity contribution in [2.24, 2.45) is 0 Å². The Morgan fingerprint density at radius 1 is 1.54 bits per heavy atom. The highest BCUT2D eigenvalue weighted by molar-refractivity contribution is 6.00. The number of carboxylic acid groups (broad SMARTS) is 1. The van der Waals surface area contributed by atoms with E-state index in [1.807, 2.05) is 0 Å². The van der Waals surface area contributed by atoms with E-state index in [1.54, 1.807) is 12.1 Å². The van der Waals surface area contributed by atoms with Gasteiger partial charge in [-0.15, -0.1) is 0 Å². The van der Waals surface area contributed by atoms with E-state index in [-0.39, 0.29) is 5.69 Å². The van der Waals surface area contributed by atoms with Crippen molar-refractivity contribution in [2.45, 2.75) is 0 Å². The highest BCUT2D eigenvalue weighted by Gasteiger charge is 2.14. The molecule has 0 spiro atoms. The molecule has 1 aromatic carbocycles. The number of hydrogen-bond donors (Lipinski definition) is 2. The lowest BCUT2D eigenvalue weighted by molar-refractivity contribution is 0.0688. The number of carbonyl (C=O) groups is 1.